The Labute approximate surface area is 86.4 Å². The van der Waals surface area contributed by atoms with E-state index in [1.165, 1.54) is 25.7 Å². The zero-order valence-electron chi connectivity index (χ0n) is 9.09. The third-order valence-corrected chi connectivity index (χ3v) is 3.77. The first kappa shape index (κ1) is 10.4. The van der Waals surface area contributed by atoms with E-state index in [9.17, 15) is 0 Å². The molecule has 3 N–H and O–H groups in total. The summed E-state index contributed by atoms with van der Waals surface area (Å²) in [6, 6.07) is 0.941. The molecular weight excluding hydrogens is 176 g/mol. The molecule has 14 heavy (non-hydrogen) atoms. The number of ether oxygens (including phenoxy) is 1. The van der Waals surface area contributed by atoms with Crippen molar-refractivity contribution in [1.82, 2.24) is 5.32 Å². The molecule has 1 aliphatic heterocycles. The predicted molar refractivity (Wildman–Crippen MR) is 57.2 cm³/mol. The first-order valence-electron chi connectivity index (χ1n) is 5.77. The number of hydrogen-bond donors (Lipinski definition) is 2. The summed E-state index contributed by atoms with van der Waals surface area (Å²) in [5.74, 6) is 0. The summed E-state index contributed by atoms with van der Waals surface area (Å²) in [5, 5.41) is 3.63. The molecule has 2 atom stereocenters. The van der Waals surface area contributed by atoms with E-state index in [1.807, 2.05) is 0 Å². The second-order valence-electron chi connectivity index (χ2n) is 5.14. The van der Waals surface area contributed by atoms with E-state index in [2.05, 4.69) is 12.2 Å². The summed E-state index contributed by atoms with van der Waals surface area (Å²) in [5.41, 5.74) is 6.19. The normalized spacial score (nSPS) is 39.4. The minimum atomic E-state index is 0.155. The molecule has 3 nitrogen and oxygen atoms in total. The van der Waals surface area contributed by atoms with Crippen LogP contribution in [0.1, 0.15) is 32.6 Å². The van der Waals surface area contributed by atoms with Crippen LogP contribution in [-0.2, 0) is 4.74 Å². The lowest BCUT2D eigenvalue weighted by atomic mass is 9.85. The molecule has 0 aromatic carbocycles. The van der Waals surface area contributed by atoms with Crippen molar-refractivity contribution < 1.29 is 4.74 Å². The van der Waals surface area contributed by atoms with Gasteiger partial charge in [-0.15, -0.1) is 0 Å². The van der Waals surface area contributed by atoms with Crippen molar-refractivity contribution in [2.75, 3.05) is 19.8 Å². The van der Waals surface area contributed by atoms with Crippen LogP contribution in [0.5, 0.6) is 0 Å². The fraction of sp³-hybridized carbons (Fsp3) is 1.00. The highest BCUT2D eigenvalue weighted by molar-refractivity contribution is 4.92. The van der Waals surface area contributed by atoms with Crippen molar-refractivity contribution in [2.24, 2.45) is 11.1 Å². The van der Waals surface area contributed by atoms with E-state index < -0.39 is 0 Å². The van der Waals surface area contributed by atoms with Gasteiger partial charge in [-0.2, -0.15) is 0 Å². The molecule has 0 spiro atoms. The Hall–Kier alpha value is -0.120. The SMILES string of the molecule is CC1(CNC2CCCC2)COCC1N. The largest absolute Gasteiger partial charge is 0.379 e. The Kier molecular flexibility index (Phi) is 3.10. The van der Waals surface area contributed by atoms with E-state index in [-0.39, 0.29) is 11.5 Å². The molecule has 0 aromatic rings. The zero-order chi connectivity index (χ0) is 10.0. The maximum Gasteiger partial charge on any atom is 0.0624 e. The van der Waals surface area contributed by atoms with Crippen molar-refractivity contribution in [3.8, 4) is 0 Å². The molecule has 2 rings (SSSR count). The molecule has 1 saturated heterocycles. The van der Waals surface area contributed by atoms with Gasteiger partial charge in [-0.3, -0.25) is 0 Å². The van der Waals surface area contributed by atoms with Gasteiger partial charge in [-0.05, 0) is 12.8 Å². The lowest BCUT2D eigenvalue weighted by Gasteiger charge is -2.28. The maximum absolute atomic E-state index is 6.03. The van der Waals surface area contributed by atoms with Crippen LogP contribution < -0.4 is 11.1 Å². The van der Waals surface area contributed by atoms with Gasteiger partial charge in [0.2, 0.25) is 0 Å². The molecule has 1 heterocycles. The third kappa shape index (κ3) is 2.10. The first-order valence-corrected chi connectivity index (χ1v) is 5.77. The van der Waals surface area contributed by atoms with E-state index in [4.69, 9.17) is 10.5 Å². The second-order valence-corrected chi connectivity index (χ2v) is 5.14. The van der Waals surface area contributed by atoms with Gasteiger partial charge in [-0.1, -0.05) is 19.8 Å². The number of nitrogens with two attached hydrogens (primary N) is 1. The third-order valence-electron chi connectivity index (χ3n) is 3.77. The fourth-order valence-electron chi connectivity index (χ4n) is 2.42. The van der Waals surface area contributed by atoms with Crippen molar-refractivity contribution in [1.29, 1.82) is 0 Å². The highest BCUT2D eigenvalue weighted by Crippen LogP contribution is 2.27. The van der Waals surface area contributed by atoms with Crippen LogP contribution in [0.3, 0.4) is 0 Å². The highest BCUT2D eigenvalue weighted by Gasteiger charge is 2.37. The highest BCUT2D eigenvalue weighted by atomic mass is 16.5. The Balaban J connectivity index is 1.78. The molecule has 2 aliphatic rings. The van der Waals surface area contributed by atoms with Crippen molar-refractivity contribution in [2.45, 2.75) is 44.7 Å². The Morgan fingerprint density at radius 1 is 1.43 bits per heavy atom. The van der Waals surface area contributed by atoms with Crippen LogP contribution >= 0.6 is 0 Å². The van der Waals surface area contributed by atoms with E-state index in [0.717, 1.165) is 25.8 Å². The Morgan fingerprint density at radius 3 is 2.71 bits per heavy atom. The van der Waals surface area contributed by atoms with E-state index >= 15 is 0 Å². The van der Waals surface area contributed by atoms with Gasteiger partial charge in [0.25, 0.3) is 0 Å². The van der Waals surface area contributed by atoms with E-state index in [0.29, 0.717) is 0 Å². The Morgan fingerprint density at radius 2 is 2.14 bits per heavy atom. The van der Waals surface area contributed by atoms with E-state index in [1.54, 1.807) is 0 Å². The minimum Gasteiger partial charge on any atom is -0.379 e. The molecular formula is C11H22N2O. The molecule has 3 heteroatoms. The zero-order valence-corrected chi connectivity index (χ0v) is 9.09. The van der Waals surface area contributed by atoms with Crippen LogP contribution in [0, 0.1) is 5.41 Å². The summed E-state index contributed by atoms with van der Waals surface area (Å²) >= 11 is 0. The van der Waals surface area contributed by atoms with Crippen LogP contribution in [0.25, 0.3) is 0 Å². The van der Waals surface area contributed by atoms with Crippen LogP contribution in [-0.4, -0.2) is 31.8 Å². The van der Waals surface area contributed by atoms with Crippen molar-refractivity contribution >= 4 is 0 Å². The first-order chi connectivity index (χ1) is 6.71. The maximum atomic E-state index is 6.03. The molecule has 0 bridgehead atoms. The van der Waals surface area contributed by atoms with Gasteiger partial charge in [-0.25, -0.2) is 0 Å². The molecule has 1 saturated carbocycles. The van der Waals surface area contributed by atoms with Crippen molar-refractivity contribution in [3.05, 3.63) is 0 Å². The van der Waals surface area contributed by atoms with Gasteiger partial charge in [0.1, 0.15) is 0 Å². The summed E-state index contributed by atoms with van der Waals surface area (Å²) in [7, 11) is 0. The quantitative estimate of drug-likeness (QED) is 0.708. The van der Waals surface area contributed by atoms with Gasteiger partial charge in [0, 0.05) is 24.0 Å². The van der Waals surface area contributed by atoms with Gasteiger partial charge >= 0.3 is 0 Å². The molecule has 0 radical (unpaired) electrons. The average molecular weight is 198 g/mol. The van der Waals surface area contributed by atoms with Crippen LogP contribution in [0.4, 0.5) is 0 Å². The molecule has 0 aromatic heterocycles. The van der Waals surface area contributed by atoms with Gasteiger partial charge < -0.3 is 15.8 Å². The number of rotatable bonds is 3. The standard InChI is InChI=1S/C11H22N2O/c1-11(8-14-6-10(11)12)7-13-9-4-2-3-5-9/h9-10,13H,2-8,12H2,1H3. The fourth-order valence-corrected chi connectivity index (χ4v) is 2.42. The van der Waals surface area contributed by atoms with Gasteiger partial charge in [0.15, 0.2) is 0 Å². The number of nitrogens with one attached hydrogen (secondary N) is 1. The summed E-state index contributed by atoms with van der Waals surface area (Å²) in [6.45, 7) is 4.78. The summed E-state index contributed by atoms with van der Waals surface area (Å²) in [4.78, 5) is 0. The molecule has 1 aliphatic carbocycles. The lowest BCUT2D eigenvalue weighted by molar-refractivity contribution is 0.156. The topological polar surface area (TPSA) is 47.3 Å². The van der Waals surface area contributed by atoms with Crippen LogP contribution in [0.2, 0.25) is 0 Å². The van der Waals surface area contributed by atoms with Gasteiger partial charge in [0.05, 0.1) is 13.2 Å². The minimum absolute atomic E-state index is 0.155. The monoisotopic (exact) mass is 198 g/mol. The smallest absolute Gasteiger partial charge is 0.0624 e. The predicted octanol–water partition coefficient (Wildman–Crippen LogP) is 0.882. The molecule has 82 valence electrons. The second kappa shape index (κ2) is 4.17. The summed E-state index contributed by atoms with van der Waals surface area (Å²) in [6.07, 6.45) is 5.45. The summed E-state index contributed by atoms with van der Waals surface area (Å²) < 4.78 is 5.42. The molecule has 2 fully saturated rings. The van der Waals surface area contributed by atoms with Crippen LogP contribution in [0.15, 0.2) is 0 Å². The molecule has 0 amide bonds. The average Bonchev–Trinajstić information content (AvgIpc) is 2.75. The number of hydrogen-bond acceptors (Lipinski definition) is 3. The van der Waals surface area contributed by atoms with Crippen molar-refractivity contribution in [3.63, 3.8) is 0 Å². The molecule has 2 unspecified atom stereocenters. The lowest BCUT2D eigenvalue weighted by Crippen LogP contribution is -2.47. The Bertz CT molecular complexity index is 192.